The summed E-state index contributed by atoms with van der Waals surface area (Å²) in [5.74, 6) is -0.802. The van der Waals surface area contributed by atoms with E-state index in [-0.39, 0.29) is 19.0 Å². The Labute approximate surface area is 128 Å². The Morgan fingerprint density at radius 2 is 1.32 bits per heavy atom. The smallest absolute Gasteiger partial charge is 0.342 e. The highest BCUT2D eigenvalue weighted by atomic mass is 19.4. The van der Waals surface area contributed by atoms with Crippen LogP contribution in [0, 0.1) is 0 Å². The fourth-order valence-corrected chi connectivity index (χ4v) is 2.87. The molecule has 0 spiro atoms. The number of amides is 2. The summed E-state index contributed by atoms with van der Waals surface area (Å²) in [7, 11) is 0. The molecular weight excluding hydrogens is 299 g/mol. The van der Waals surface area contributed by atoms with E-state index in [0.29, 0.717) is 19.6 Å². The zero-order valence-electron chi connectivity index (χ0n) is 12.6. The Morgan fingerprint density at radius 3 is 1.86 bits per heavy atom. The largest absolute Gasteiger partial charge is 0.397 e. The average molecular weight is 321 g/mol. The number of rotatable bonds is 3. The summed E-state index contributed by atoms with van der Waals surface area (Å²) in [6, 6.07) is 0. The van der Waals surface area contributed by atoms with Gasteiger partial charge in [-0.25, -0.2) is 0 Å². The minimum atomic E-state index is -4.46. The Kier molecular flexibility index (Phi) is 5.66. The van der Waals surface area contributed by atoms with Crippen LogP contribution in [0.3, 0.4) is 0 Å². The molecule has 5 nitrogen and oxygen atoms in total. The van der Waals surface area contributed by atoms with Gasteiger partial charge in [0, 0.05) is 39.3 Å². The molecule has 0 atom stereocenters. The average Bonchev–Trinajstić information content (AvgIpc) is 2.47. The molecule has 0 aromatic carbocycles. The zero-order chi connectivity index (χ0) is 16.2. The molecule has 0 aromatic heterocycles. The second-order valence-corrected chi connectivity index (χ2v) is 5.89. The van der Waals surface area contributed by atoms with Crippen molar-refractivity contribution in [2.24, 2.45) is 0 Å². The lowest BCUT2D eigenvalue weighted by Crippen LogP contribution is -2.52. The quantitative estimate of drug-likeness (QED) is 0.782. The first-order chi connectivity index (χ1) is 10.3. The predicted octanol–water partition coefficient (Wildman–Crippen LogP) is 1.10. The maximum atomic E-state index is 12.2. The highest BCUT2D eigenvalue weighted by Crippen LogP contribution is 2.21. The van der Waals surface area contributed by atoms with Crippen LogP contribution in [0.5, 0.6) is 0 Å². The second-order valence-electron chi connectivity index (χ2n) is 5.89. The van der Waals surface area contributed by atoms with Gasteiger partial charge in [0.05, 0.1) is 6.54 Å². The molecule has 0 saturated carbocycles. The third-order valence-corrected chi connectivity index (χ3v) is 4.14. The van der Waals surface area contributed by atoms with Crippen molar-refractivity contribution in [3.63, 3.8) is 0 Å². The maximum absolute atomic E-state index is 12.2. The van der Waals surface area contributed by atoms with Crippen LogP contribution in [-0.2, 0) is 9.59 Å². The third kappa shape index (κ3) is 5.15. The molecule has 0 bridgehead atoms. The molecule has 2 amide bonds. The van der Waals surface area contributed by atoms with E-state index in [4.69, 9.17) is 0 Å². The molecule has 2 aliphatic heterocycles. The lowest BCUT2D eigenvalue weighted by atomic mass is 10.1. The molecule has 0 radical (unpaired) electrons. The molecule has 22 heavy (non-hydrogen) atoms. The number of likely N-dealkylation sites (tertiary alicyclic amines) is 1. The number of carbonyl (C=O) groups excluding carboxylic acids is 2. The van der Waals surface area contributed by atoms with E-state index in [1.165, 1.54) is 4.90 Å². The number of halogens is 3. The molecule has 0 aromatic rings. The van der Waals surface area contributed by atoms with E-state index in [1.807, 2.05) is 9.80 Å². The summed E-state index contributed by atoms with van der Waals surface area (Å²) in [4.78, 5) is 28.6. The number of hydrogen-bond donors (Lipinski definition) is 0. The van der Waals surface area contributed by atoms with Gasteiger partial charge in [0.15, 0.2) is 0 Å². The Morgan fingerprint density at radius 1 is 0.773 bits per heavy atom. The normalized spacial score (nSPS) is 21.0. The highest BCUT2D eigenvalue weighted by Gasteiger charge is 2.34. The van der Waals surface area contributed by atoms with Crippen molar-refractivity contribution in [3.05, 3.63) is 0 Å². The SMILES string of the molecule is O=C(CN1CCN(C(=O)CC(F)(F)F)CC1)N1CCCCC1. The Balaban J connectivity index is 1.72. The van der Waals surface area contributed by atoms with Crippen molar-refractivity contribution in [1.29, 1.82) is 0 Å². The first kappa shape index (κ1) is 17.1. The van der Waals surface area contributed by atoms with E-state index in [2.05, 4.69) is 0 Å². The van der Waals surface area contributed by atoms with Crippen LogP contribution in [0.15, 0.2) is 0 Å². The van der Waals surface area contributed by atoms with Crippen molar-refractivity contribution < 1.29 is 22.8 Å². The fourth-order valence-electron chi connectivity index (χ4n) is 2.87. The molecule has 0 unspecified atom stereocenters. The van der Waals surface area contributed by atoms with Crippen LogP contribution in [-0.4, -0.2) is 78.5 Å². The molecule has 0 N–H and O–H groups in total. The number of hydrogen-bond acceptors (Lipinski definition) is 3. The molecule has 2 rings (SSSR count). The summed E-state index contributed by atoms with van der Waals surface area (Å²) in [5.41, 5.74) is 0. The van der Waals surface area contributed by atoms with Crippen LogP contribution in [0.2, 0.25) is 0 Å². The highest BCUT2D eigenvalue weighted by molar-refractivity contribution is 5.79. The molecule has 2 fully saturated rings. The molecule has 8 heteroatoms. The van der Waals surface area contributed by atoms with Crippen LogP contribution >= 0.6 is 0 Å². The van der Waals surface area contributed by atoms with Gasteiger partial charge in [0.25, 0.3) is 0 Å². The van der Waals surface area contributed by atoms with Crippen LogP contribution in [0.25, 0.3) is 0 Å². The standard InChI is InChI=1S/C14H22F3N3O2/c15-14(16,17)10-12(21)20-8-6-18(7-9-20)11-13(22)19-4-2-1-3-5-19/h1-11H2. The van der Waals surface area contributed by atoms with Crippen molar-refractivity contribution in [2.45, 2.75) is 31.9 Å². The number of carbonyl (C=O) groups is 2. The monoisotopic (exact) mass is 321 g/mol. The summed E-state index contributed by atoms with van der Waals surface area (Å²) in [5, 5.41) is 0. The molecule has 0 aliphatic carbocycles. The van der Waals surface area contributed by atoms with Crippen molar-refractivity contribution in [3.8, 4) is 0 Å². The summed E-state index contributed by atoms with van der Waals surface area (Å²) in [6.07, 6.45) is -2.64. The number of nitrogens with zero attached hydrogens (tertiary/aromatic N) is 3. The topological polar surface area (TPSA) is 43.9 Å². The molecule has 2 heterocycles. The molecule has 2 aliphatic rings. The van der Waals surface area contributed by atoms with Gasteiger partial charge in [-0.2, -0.15) is 13.2 Å². The fraction of sp³-hybridized carbons (Fsp3) is 0.857. The minimum Gasteiger partial charge on any atom is -0.342 e. The van der Waals surface area contributed by atoms with Crippen molar-refractivity contribution in [2.75, 3.05) is 45.8 Å². The maximum Gasteiger partial charge on any atom is 0.397 e. The number of piperazine rings is 1. The first-order valence-electron chi connectivity index (χ1n) is 7.70. The summed E-state index contributed by atoms with van der Waals surface area (Å²) < 4.78 is 36.6. The predicted molar refractivity (Wildman–Crippen MR) is 74.1 cm³/mol. The van der Waals surface area contributed by atoms with E-state index >= 15 is 0 Å². The van der Waals surface area contributed by atoms with E-state index in [0.717, 1.165) is 32.4 Å². The third-order valence-electron chi connectivity index (χ3n) is 4.14. The molecule has 2 saturated heterocycles. The summed E-state index contributed by atoms with van der Waals surface area (Å²) >= 11 is 0. The van der Waals surface area contributed by atoms with Crippen LogP contribution < -0.4 is 0 Å². The van der Waals surface area contributed by atoms with Crippen molar-refractivity contribution in [1.82, 2.24) is 14.7 Å². The number of piperidine rings is 1. The van der Waals surface area contributed by atoms with Gasteiger partial charge in [-0.3, -0.25) is 14.5 Å². The first-order valence-corrected chi connectivity index (χ1v) is 7.70. The second kappa shape index (κ2) is 7.30. The minimum absolute atomic E-state index is 0.0785. The number of alkyl halides is 3. The molecule has 126 valence electrons. The van der Waals surface area contributed by atoms with E-state index in [1.54, 1.807) is 0 Å². The summed E-state index contributed by atoms with van der Waals surface area (Å²) in [6.45, 7) is 3.28. The van der Waals surface area contributed by atoms with E-state index in [9.17, 15) is 22.8 Å². The van der Waals surface area contributed by atoms with Gasteiger partial charge in [-0.15, -0.1) is 0 Å². The lowest BCUT2D eigenvalue weighted by Gasteiger charge is -2.36. The van der Waals surface area contributed by atoms with Crippen LogP contribution in [0.1, 0.15) is 25.7 Å². The Bertz CT molecular complexity index is 401. The zero-order valence-corrected chi connectivity index (χ0v) is 12.6. The van der Waals surface area contributed by atoms with Gasteiger partial charge in [0.1, 0.15) is 6.42 Å². The van der Waals surface area contributed by atoms with E-state index < -0.39 is 18.5 Å². The van der Waals surface area contributed by atoms with Crippen LogP contribution in [0.4, 0.5) is 13.2 Å². The molecular formula is C14H22F3N3O2. The van der Waals surface area contributed by atoms with Gasteiger partial charge >= 0.3 is 6.18 Å². The van der Waals surface area contributed by atoms with Gasteiger partial charge in [-0.05, 0) is 19.3 Å². The van der Waals surface area contributed by atoms with Crippen molar-refractivity contribution >= 4 is 11.8 Å². The van der Waals surface area contributed by atoms with Gasteiger partial charge in [-0.1, -0.05) is 0 Å². The Hall–Kier alpha value is -1.31. The lowest BCUT2D eigenvalue weighted by molar-refractivity contribution is -0.162. The van der Waals surface area contributed by atoms with Gasteiger partial charge < -0.3 is 9.80 Å². The van der Waals surface area contributed by atoms with Gasteiger partial charge in [0.2, 0.25) is 11.8 Å².